The maximum Gasteiger partial charge on any atom is 0.160 e. The van der Waals surface area contributed by atoms with E-state index in [0.29, 0.717) is 6.04 Å². The standard InChI is InChI=1S/C17H27NO2/c1-5-7-8-15(18-11-6-2)12-14-9-10-16(19-3)17(13-14)20-4/h5,9-10,13,15,18H,1,6-8,11-12H2,2-4H3. The lowest BCUT2D eigenvalue weighted by Gasteiger charge is -2.18. The Morgan fingerprint density at radius 2 is 2.00 bits per heavy atom. The van der Waals surface area contributed by atoms with Gasteiger partial charge in [0.05, 0.1) is 14.2 Å². The topological polar surface area (TPSA) is 30.5 Å². The number of allylic oxidation sites excluding steroid dienone is 1. The van der Waals surface area contributed by atoms with E-state index in [1.807, 2.05) is 12.1 Å². The summed E-state index contributed by atoms with van der Waals surface area (Å²) in [5, 5.41) is 3.60. The van der Waals surface area contributed by atoms with Gasteiger partial charge in [-0.25, -0.2) is 0 Å². The van der Waals surface area contributed by atoms with Crippen molar-refractivity contribution in [3.05, 3.63) is 36.4 Å². The van der Waals surface area contributed by atoms with Crippen LogP contribution in [0.2, 0.25) is 0 Å². The van der Waals surface area contributed by atoms with Crippen LogP contribution in [0.5, 0.6) is 11.5 Å². The predicted octanol–water partition coefficient (Wildman–Crippen LogP) is 3.58. The highest BCUT2D eigenvalue weighted by atomic mass is 16.5. The lowest BCUT2D eigenvalue weighted by atomic mass is 10.0. The Labute approximate surface area is 123 Å². The predicted molar refractivity (Wildman–Crippen MR) is 84.8 cm³/mol. The fourth-order valence-electron chi connectivity index (χ4n) is 2.24. The van der Waals surface area contributed by atoms with Crippen LogP contribution < -0.4 is 14.8 Å². The number of rotatable bonds is 10. The zero-order chi connectivity index (χ0) is 14.8. The van der Waals surface area contributed by atoms with E-state index in [-0.39, 0.29) is 0 Å². The normalized spacial score (nSPS) is 11.9. The second-order valence-corrected chi connectivity index (χ2v) is 4.91. The molecule has 1 rings (SSSR count). The highest BCUT2D eigenvalue weighted by Gasteiger charge is 2.10. The van der Waals surface area contributed by atoms with Crippen LogP contribution in [-0.2, 0) is 6.42 Å². The fourth-order valence-corrected chi connectivity index (χ4v) is 2.24. The van der Waals surface area contributed by atoms with Crippen molar-refractivity contribution in [1.29, 1.82) is 0 Å². The molecule has 1 unspecified atom stereocenters. The molecule has 0 aromatic heterocycles. The van der Waals surface area contributed by atoms with E-state index in [9.17, 15) is 0 Å². The average molecular weight is 277 g/mol. The van der Waals surface area contributed by atoms with Crippen LogP contribution in [0.3, 0.4) is 0 Å². The summed E-state index contributed by atoms with van der Waals surface area (Å²) in [4.78, 5) is 0. The van der Waals surface area contributed by atoms with Gasteiger partial charge < -0.3 is 14.8 Å². The first kappa shape index (κ1) is 16.6. The van der Waals surface area contributed by atoms with Gasteiger partial charge in [0.1, 0.15) is 0 Å². The van der Waals surface area contributed by atoms with Gasteiger partial charge in [0.2, 0.25) is 0 Å². The van der Waals surface area contributed by atoms with Gasteiger partial charge in [-0.2, -0.15) is 0 Å². The van der Waals surface area contributed by atoms with Crippen molar-refractivity contribution in [2.75, 3.05) is 20.8 Å². The first-order valence-corrected chi connectivity index (χ1v) is 7.30. The molecule has 0 saturated carbocycles. The second kappa shape index (κ2) is 9.43. The van der Waals surface area contributed by atoms with Crippen LogP contribution in [0, 0.1) is 0 Å². The van der Waals surface area contributed by atoms with E-state index in [1.165, 1.54) is 5.56 Å². The molecule has 1 atom stereocenters. The van der Waals surface area contributed by atoms with Gasteiger partial charge in [0, 0.05) is 6.04 Å². The number of ether oxygens (including phenoxy) is 2. The Morgan fingerprint density at radius 1 is 1.25 bits per heavy atom. The zero-order valence-electron chi connectivity index (χ0n) is 12.9. The Morgan fingerprint density at radius 3 is 2.60 bits per heavy atom. The molecule has 3 nitrogen and oxygen atoms in total. The third-order valence-corrected chi connectivity index (χ3v) is 3.33. The summed E-state index contributed by atoms with van der Waals surface area (Å²) in [7, 11) is 3.33. The molecule has 20 heavy (non-hydrogen) atoms. The third kappa shape index (κ3) is 5.25. The van der Waals surface area contributed by atoms with Gasteiger partial charge in [-0.1, -0.05) is 19.1 Å². The SMILES string of the molecule is C=CCCC(Cc1ccc(OC)c(OC)c1)NCCC. The largest absolute Gasteiger partial charge is 0.493 e. The molecule has 0 amide bonds. The van der Waals surface area contributed by atoms with E-state index in [0.717, 1.165) is 43.7 Å². The van der Waals surface area contributed by atoms with Gasteiger partial charge in [0.15, 0.2) is 11.5 Å². The number of methoxy groups -OCH3 is 2. The van der Waals surface area contributed by atoms with Crippen molar-refractivity contribution in [2.24, 2.45) is 0 Å². The maximum absolute atomic E-state index is 5.36. The van der Waals surface area contributed by atoms with Crippen molar-refractivity contribution in [3.63, 3.8) is 0 Å². The minimum atomic E-state index is 0.478. The van der Waals surface area contributed by atoms with Crippen molar-refractivity contribution in [3.8, 4) is 11.5 Å². The molecule has 0 saturated heterocycles. The van der Waals surface area contributed by atoms with Gasteiger partial charge in [-0.05, 0) is 49.9 Å². The molecule has 3 heteroatoms. The minimum absolute atomic E-state index is 0.478. The molecule has 0 aliphatic heterocycles. The van der Waals surface area contributed by atoms with Crippen LogP contribution in [0.15, 0.2) is 30.9 Å². The van der Waals surface area contributed by atoms with Crippen LogP contribution in [0.1, 0.15) is 31.7 Å². The Bertz CT molecular complexity index is 404. The summed E-state index contributed by atoms with van der Waals surface area (Å²) in [6.45, 7) is 7.04. The summed E-state index contributed by atoms with van der Waals surface area (Å²) in [5.74, 6) is 1.57. The molecule has 1 aromatic rings. The summed E-state index contributed by atoms with van der Waals surface area (Å²) in [5.41, 5.74) is 1.26. The van der Waals surface area contributed by atoms with Crippen molar-refractivity contribution in [1.82, 2.24) is 5.32 Å². The lowest BCUT2D eigenvalue weighted by Crippen LogP contribution is -2.31. The molecule has 1 aromatic carbocycles. The molecule has 112 valence electrons. The fraction of sp³-hybridized carbons (Fsp3) is 0.529. The molecule has 0 fully saturated rings. The Kier molecular flexibility index (Phi) is 7.81. The van der Waals surface area contributed by atoms with E-state index in [4.69, 9.17) is 9.47 Å². The highest BCUT2D eigenvalue weighted by Crippen LogP contribution is 2.28. The van der Waals surface area contributed by atoms with Gasteiger partial charge in [-0.3, -0.25) is 0 Å². The molecular formula is C17H27NO2. The summed E-state index contributed by atoms with van der Waals surface area (Å²) in [6, 6.07) is 6.62. The minimum Gasteiger partial charge on any atom is -0.493 e. The molecule has 0 aliphatic rings. The second-order valence-electron chi connectivity index (χ2n) is 4.91. The molecule has 0 heterocycles. The van der Waals surface area contributed by atoms with Crippen molar-refractivity contribution >= 4 is 0 Å². The third-order valence-electron chi connectivity index (χ3n) is 3.33. The van der Waals surface area contributed by atoms with Gasteiger partial charge in [0.25, 0.3) is 0 Å². The molecule has 0 aliphatic carbocycles. The van der Waals surface area contributed by atoms with E-state index in [1.54, 1.807) is 14.2 Å². The zero-order valence-corrected chi connectivity index (χ0v) is 12.9. The van der Waals surface area contributed by atoms with E-state index >= 15 is 0 Å². The first-order valence-electron chi connectivity index (χ1n) is 7.30. The van der Waals surface area contributed by atoms with E-state index in [2.05, 4.69) is 31.0 Å². The number of hydrogen-bond acceptors (Lipinski definition) is 3. The summed E-state index contributed by atoms with van der Waals surface area (Å²) < 4.78 is 10.6. The average Bonchev–Trinajstić information content (AvgIpc) is 2.49. The first-order chi connectivity index (χ1) is 9.74. The Balaban J connectivity index is 2.73. The summed E-state index contributed by atoms with van der Waals surface area (Å²) >= 11 is 0. The quantitative estimate of drug-likeness (QED) is 0.663. The molecule has 0 bridgehead atoms. The van der Waals surface area contributed by atoms with Gasteiger partial charge in [-0.15, -0.1) is 6.58 Å². The molecule has 0 radical (unpaired) electrons. The van der Waals surface area contributed by atoms with Crippen molar-refractivity contribution in [2.45, 2.75) is 38.6 Å². The monoisotopic (exact) mass is 277 g/mol. The van der Waals surface area contributed by atoms with Crippen molar-refractivity contribution < 1.29 is 9.47 Å². The lowest BCUT2D eigenvalue weighted by molar-refractivity contribution is 0.354. The Hall–Kier alpha value is -1.48. The van der Waals surface area contributed by atoms with Crippen LogP contribution in [-0.4, -0.2) is 26.8 Å². The highest BCUT2D eigenvalue weighted by molar-refractivity contribution is 5.43. The van der Waals surface area contributed by atoms with Gasteiger partial charge >= 0.3 is 0 Å². The number of benzene rings is 1. The molecule has 1 N–H and O–H groups in total. The number of nitrogens with one attached hydrogen (secondary N) is 1. The summed E-state index contributed by atoms with van der Waals surface area (Å²) in [6.07, 6.45) is 6.27. The van der Waals surface area contributed by atoms with E-state index < -0.39 is 0 Å². The maximum atomic E-state index is 5.36. The smallest absolute Gasteiger partial charge is 0.160 e. The van der Waals surface area contributed by atoms with Crippen LogP contribution >= 0.6 is 0 Å². The molecule has 0 spiro atoms. The van der Waals surface area contributed by atoms with Crippen LogP contribution in [0.25, 0.3) is 0 Å². The molecular weight excluding hydrogens is 250 g/mol. The number of hydrogen-bond donors (Lipinski definition) is 1. The van der Waals surface area contributed by atoms with Crippen LogP contribution in [0.4, 0.5) is 0 Å².